The molecule has 2 saturated heterocycles. The van der Waals surface area contributed by atoms with Gasteiger partial charge in [-0.2, -0.15) is 0 Å². The van der Waals surface area contributed by atoms with E-state index < -0.39 is 0 Å². The van der Waals surface area contributed by atoms with Crippen LogP contribution in [-0.2, 0) is 19.1 Å². The molecule has 2 N–H and O–H groups in total. The molecule has 7 nitrogen and oxygen atoms in total. The zero-order valence-corrected chi connectivity index (χ0v) is 17.7. The summed E-state index contributed by atoms with van der Waals surface area (Å²) in [6.45, 7) is 5.23. The Kier molecular flexibility index (Phi) is 5.14. The lowest BCUT2D eigenvalue weighted by Crippen LogP contribution is -2.40. The van der Waals surface area contributed by atoms with Crippen LogP contribution < -0.4 is 10.6 Å². The molecule has 2 amide bonds. The largest absolute Gasteiger partial charge is 0.464 e. The molecule has 0 aromatic carbocycles. The Hall–Kier alpha value is -1.86. The first kappa shape index (κ1) is 20.1. The van der Waals surface area contributed by atoms with Gasteiger partial charge in [-0.15, -0.1) is 0 Å². The van der Waals surface area contributed by atoms with Gasteiger partial charge in [0.05, 0.1) is 0 Å². The van der Waals surface area contributed by atoms with E-state index in [0.29, 0.717) is 12.3 Å². The molecule has 2 aliphatic heterocycles. The Morgan fingerprint density at radius 3 is 2.07 bits per heavy atom. The number of amides is 2. The van der Waals surface area contributed by atoms with Gasteiger partial charge in [0.2, 0.25) is 11.8 Å². The monoisotopic (exact) mass is 416 g/mol. The molecule has 2 aliphatic carbocycles. The van der Waals surface area contributed by atoms with E-state index in [9.17, 15) is 9.59 Å². The second-order valence-corrected chi connectivity index (χ2v) is 9.72. The first-order valence-corrected chi connectivity index (χ1v) is 11.3. The van der Waals surface area contributed by atoms with Gasteiger partial charge in [-0.05, 0) is 68.4 Å². The number of rotatable bonds is 6. The van der Waals surface area contributed by atoms with E-state index in [1.165, 1.54) is 0 Å². The quantitative estimate of drug-likeness (QED) is 0.744. The van der Waals surface area contributed by atoms with Crippen LogP contribution >= 0.6 is 0 Å². The predicted octanol–water partition coefficient (Wildman–Crippen LogP) is 2.49. The number of furan rings is 1. The third-order valence-electron chi connectivity index (χ3n) is 7.89. The number of hydrogen-bond donors (Lipinski definition) is 2. The second-order valence-electron chi connectivity index (χ2n) is 9.72. The van der Waals surface area contributed by atoms with Crippen LogP contribution in [0.2, 0.25) is 0 Å². The lowest BCUT2D eigenvalue weighted by molar-refractivity contribution is -0.126. The average molecular weight is 417 g/mol. The van der Waals surface area contributed by atoms with Crippen LogP contribution in [0.15, 0.2) is 16.5 Å². The molecule has 0 unspecified atom stereocenters. The molecule has 4 fully saturated rings. The first-order valence-electron chi connectivity index (χ1n) is 11.3. The van der Waals surface area contributed by atoms with Crippen molar-refractivity contribution >= 4 is 11.8 Å². The van der Waals surface area contributed by atoms with Crippen molar-refractivity contribution in [3.05, 3.63) is 23.7 Å². The van der Waals surface area contributed by atoms with Crippen molar-refractivity contribution in [1.29, 1.82) is 0 Å². The molecule has 3 atom stereocenters. The Labute approximate surface area is 177 Å². The Bertz CT molecular complexity index is 806. The highest BCUT2D eigenvalue weighted by Crippen LogP contribution is 2.60. The van der Waals surface area contributed by atoms with E-state index in [0.717, 1.165) is 70.7 Å². The number of nitrogens with one attached hydrogen (secondary N) is 2. The highest BCUT2D eigenvalue weighted by molar-refractivity contribution is 5.84. The Morgan fingerprint density at radius 1 is 0.967 bits per heavy atom. The summed E-state index contributed by atoms with van der Waals surface area (Å²) >= 11 is 0. The summed E-state index contributed by atoms with van der Waals surface area (Å²) < 4.78 is 16.7. The summed E-state index contributed by atoms with van der Waals surface area (Å²) in [4.78, 5) is 25.8. The molecule has 3 heterocycles. The molecule has 1 aromatic rings. The van der Waals surface area contributed by atoms with Gasteiger partial charge < -0.3 is 24.5 Å². The highest BCUT2D eigenvalue weighted by atomic mass is 16.5. The van der Waals surface area contributed by atoms with Gasteiger partial charge in [-0.1, -0.05) is 0 Å². The smallest absolute Gasteiger partial charge is 0.224 e. The number of hydrogen-bond acceptors (Lipinski definition) is 5. The summed E-state index contributed by atoms with van der Waals surface area (Å²) in [6, 6.07) is 3.43. The maximum atomic E-state index is 13.0. The van der Waals surface area contributed by atoms with Gasteiger partial charge in [-0.3, -0.25) is 9.59 Å². The van der Waals surface area contributed by atoms with E-state index in [2.05, 4.69) is 10.6 Å². The van der Waals surface area contributed by atoms with Gasteiger partial charge in [0.25, 0.3) is 0 Å². The summed E-state index contributed by atoms with van der Waals surface area (Å²) in [5.74, 6) is 1.77. The van der Waals surface area contributed by atoms with E-state index in [1.54, 1.807) is 0 Å². The van der Waals surface area contributed by atoms with Crippen LogP contribution in [0.1, 0.15) is 56.1 Å². The van der Waals surface area contributed by atoms with Crippen LogP contribution in [0, 0.1) is 29.6 Å². The van der Waals surface area contributed by atoms with Crippen molar-refractivity contribution in [2.24, 2.45) is 22.7 Å². The molecule has 0 bridgehead atoms. The van der Waals surface area contributed by atoms with E-state index >= 15 is 0 Å². The lowest BCUT2D eigenvalue weighted by Gasteiger charge is -2.24. The molecule has 2 saturated carbocycles. The second kappa shape index (κ2) is 7.68. The van der Waals surface area contributed by atoms with Crippen molar-refractivity contribution in [3.8, 4) is 0 Å². The average Bonchev–Trinajstić information content (AvgIpc) is 3.59. The van der Waals surface area contributed by atoms with Crippen LogP contribution in [0.4, 0.5) is 0 Å². The Morgan fingerprint density at radius 2 is 1.53 bits per heavy atom. The molecule has 0 radical (unpaired) electrons. The summed E-state index contributed by atoms with van der Waals surface area (Å²) in [6.07, 6.45) is 5.74. The lowest BCUT2D eigenvalue weighted by atomic mass is 9.93. The van der Waals surface area contributed by atoms with Crippen LogP contribution in [0.5, 0.6) is 0 Å². The summed E-state index contributed by atoms with van der Waals surface area (Å²) in [7, 11) is 0. The van der Waals surface area contributed by atoms with Crippen LogP contribution in [-0.4, -0.2) is 44.8 Å². The number of carbonyl (C=O) groups is 2. The normalized spacial score (nSPS) is 29.4. The topological polar surface area (TPSA) is 89.8 Å². The number of ether oxygens (including phenoxy) is 2. The van der Waals surface area contributed by atoms with Crippen LogP contribution in [0.25, 0.3) is 0 Å². The van der Waals surface area contributed by atoms with Gasteiger partial charge >= 0.3 is 0 Å². The first-order chi connectivity index (χ1) is 14.5. The molecule has 2 spiro atoms. The fraction of sp³-hybridized carbons (Fsp3) is 0.739. The molecule has 1 aromatic heterocycles. The molecular formula is C23H32N2O5. The molecule has 4 aliphatic rings. The molecular weight excluding hydrogens is 384 g/mol. The van der Waals surface area contributed by atoms with Gasteiger partial charge in [0.15, 0.2) is 0 Å². The van der Waals surface area contributed by atoms with Crippen molar-refractivity contribution in [3.63, 3.8) is 0 Å². The zero-order chi connectivity index (χ0) is 20.8. The third-order valence-corrected chi connectivity index (χ3v) is 7.89. The number of aryl methyl sites for hydroxylation is 1. The zero-order valence-electron chi connectivity index (χ0n) is 17.7. The van der Waals surface area contributed by atoms with Crippen LogP contribution in [0.3, 0.4) is 0 Å². The molecule has 7 heteroatoms. The van der Waals surface area contributed by atoms with Crippen molar-refractivity contribution in [2.75, 3.05) is 33.0 Å². The minimum Gasteiger partial charge on any atom is -0.464 e. The minimum absolute atomic E-state index is 0.0459. The number of carbonyl (C=O) groups excluding carboxylic acids is 2. The summed E-state index contributed by atoms with van der Waals surface area (Å²) in [5.41, 5.74) is 0.268. The fourth-order valence-electron chi connectivity index (χ4n) is 5.56. The van der Waals surface area contributed by atoms with Gasteiger partial charge in [0.1, 0.15) is 17.6 Å². The SMILES string of the molecule is Cc1ccc([C@H](CNC(=O)[C@H]2CC23CCOCC3)NC(=O)[C@H]2CC23CCOCC3)o1. The fourth-order valence-corrected chi connectivity index (χ4v) is 5.56. The van der Waals surface area contributed by atoms with Crippen molar-refractivity contribution in [2.45, 2.75) is 51.5 Å². The van der Waals surface area contributed by atoms with Crippen molar-refractivity contribution in [1.82, 2.24) is 10.6 Å². The summed E-state index contributed by atoms with van der Waals surface area (Å²) in [5, 5.41) is 6.24. The highest BCUT2D eigenvalue weighted by Gasteiger charge is 2.59. The molecule has 5 rings (SSSR count). The minimum atomic E-state index is -0.350. The third kappa shape index (κ3) is 3.78. The standard InChI is InChI=1S/C23H32N2O5/c1-15-2-3-19(30-15)18(25-21(27)17-13-23(17)6-10-29-11-7-23)14-24-20(26)16-12-22(16)4-8-28-9-5-22/h2-3,16-18H,4-14H2,1H3,(H,24,26)(H,25,27)/t16-,17-,18+/m1/s1. The predicted molar refractivity (Wildman–Crippen MR) is 109 cm³/mol. The van der Waals surface area contributed by atoms with E-state index in [1.807, 2.05) is 19.1 Å². The molecule has 164 valence electrons. The van der Waals surface area contributed by atoms with Gasteiger partial charge in [-0.25, -0.2) is 0 Å². The molecule has 30 heavy (non-hydrogen) atoms. The van der Waals surface area contributed by atoms with E-state index in [4.69, 9.17) is 13.9 Å². The maximum Gasteiger partial charge on any atom is 0.224 e. The van der Waals surface area contributed by atoms with Crippen molar-refractivity contribution < 1.29 is 23.5 Å². The Balaban J connectivity index is 1.20. The van der Waals surface area contributed by atoms with Gasteiger partial charge in [0, 0.05) is 44.8 Å². The maximum absolute atomic E-state index is 13.0. The van der Waals surface area contributed by atoms with E-state index in [-0.39, 0.29) is 40.5 Å².